The fraction of sp³-hybridized carbons (Fsp3) is 0.435. The average molecular weight is 499 g/mol. The lowest BCUT2D eigenvalue weighted by atomic mass is 9.92. The number of alkyl halides is 6. The Balaban J connectivity index is 1.60. The normalized spacial score (nSPS) is 19.7. The lowest BCUT2D eigenvalue weighted by Gasteiger charge is -2.41. The van der Waals surface area contributed by atoms with Crippen molar-refractivity contribution in [2.45, 2.75) is 50.5 Å². The van der Waals surface area contributed by atoms with Crippen LogP contribution in [0.4, 0.5) is 26.3 Å². The smallest absolute Gasteiger partial charge is 0.372 e. The summed E-state index contributed by atoms with van der Waals surface area (Å²) in [7, 11) is 1.72. The summed E-state index contributed by atoms with van der Waals surface area (Å²) in [6.45, 7) is 0.721. The number of aromatic nitrogens is 4. The molecule has 188 valence electrons. The average Bonchev–Trinajstić information content (AvgIpc) is 3.21. The van der Waals surface area contributed by atoms with E-state index in [1.165, 1.54) is 0 Å². The van der Waals surface area contributed by atoms with Crippen molar-refractivity contribution in [3.8, 4) is 0 Å². The lowest BCUT2D eigenvalue weighted by molar-refractivity contribution is -0.143. The van der Waals surface area contributed by atoms with Gasteiger partial charge in [0.05, 0.1) is 36.4 Å². The zero-order valence-electron chi connectivity index (χ0n) is 18.7. The van der Waals surface area contributed by atoms with Crippen LogP contribution in [-0.4, -0.2) is 37.8 Å². The molecule has 0 bridgehead atoms. The third-order valence-electron chi connectivity index (χ3n) is 5.98. The van der Waals surface area contributed by atoms with E-state index in [4.69, 9.17) is 4.74 Å². The molecule has 0 saturated carbocycles. The van der Waals surface area contributed by atoms with E-state index in [1.54, 1.807) is 11.7 Å². The van der Waals surface area contributed by atoms with Gasteiger partial charge in [0.2, 0.25) is 0 Å². The van der Waals surface area contributed by atoms with Crippen LogP contribution >= 0.6 is 0 Å². The van der Waals surface area contributed by atoms with Crippen LogP contribution in [0, 0.1) is 0 Å². The van der Waals surface area contributed by atoms with Crippen molar-refractivity contribution in [1.29, 1.82) is 0 Å². The van der Waals surface area contributed by atoms with E-state index in [-0.39, 0.29) is 24.3 Å². The third-order valence-corrected chi connectivity index (χ3v) is 5.98. The van der Waals surface area contributed by atoms with Crippen molar-refractivity contribution in [2.75, 3.05) is 6.54 Å². The van der Waals surface area contributed by atoms with Crippen molar-refractivity contribution in [2.24, 2.45) is 7.05 Å². The Bertz CT molecular complexity index is 1100. The van der Waals surface area contributed by atoms with Crippen molar-refractivity contribution in [3.05, 3.63) is 76.6 Å². The van der Waals surface area contributed by atoms with Gasteiger partial charge in [-0.1, -0.05) is 30.3 Å². The molecule has 6 nitrogen and oxygen atoms in total. The zero-order chi connectivity index (χ0) is 25.2. The molecule has 35 heavy (non-hydrogen) atoms. The SMILES string of the molecule is Cn1nnnc1CN1CCC[C@@H](OCc2cc(C(F)(F)F)cc(C(F)(F)F)c2)[C@H]1c1ccccc1. The minimum atomic E-state index is -4.91. The molecule has 12 heteroatoms. The first-order valence-electron chi connectivity index (χ1n) is 10.9. The highest BCUT2D eigenvalue weighted by Gasteiger charge is 2.38. The number of piperidine rings is 1. The van der Waals surface area contributed by atoms with E-state index in [1.807, 2.05) is 30.3 Å². The van der Waals surface area contributed by atoms with Gasteiger partial charge in [0.15, 0.2) is 5.82 Å². The van der Waals surface area contributed by atoms with Crippen molar-refractivity contribution < 1.29 is 31.1 Å². The van der Waals surface area contributed by atoms with Gasteiger partial charge in [-0.3, -0.25) is 4.90 Å². The highest BCUT2D eigenvalue weighted by Crippen LogP contribution is 2.38. The Kier molecular flexibility index (Phi) is 7.13. The topological polar surface area (TPSA) is 56.1 Å². The van der Waals surface area contributed by atoms with Crippen LogP contribution in [0.1, 0.15) is 47.0 Å². The number of benzene rings is 2. The predicted octanol–water partition coefficient (Wildman–Crippen LogP) is 5.17. The molecule has 0 N–H and O–H groups in total. The molecule has 0 spiro atoms. The largest absolute Gasteiger partial charge is 0.416 e. The van der Waals surface area contributed by atoms with Gasteiger partial charge in [0.1, 0.15) is 0 Å². The van der Waals surface area contributed by atoms with Gasteiger partial charge < -0.3 is 4.74 Å². The number of rotatable bonds is 6. The first kappa shape index (κ1) is 25.1. The molecule has 1 fully saturated rings. The number of likely N-dealkylation sites (tertiary alicyclic amines) is 1. The van der Waals surface area contributed by atoms with E-state index >= 15 is 0 Å². The van der Waals surface area contributed by atoms with Crippen molar-refractivity contribution >= 4 is 0 Å². The second kappa shape index (κ2) is 9.94. The minimum absolute atomic E-state index is 0.119. The second-order valence-electron chi connectivity index (χ2n) is 8.45. The van der Waals surface area contributed by atoms with Crippen LogP contribution in [0.3, 0.4) is 0 Å². The summed E-state index contributed by atoms with van der Waals surface area (Å²) >= 11 is 0. The van der Waals surface area contributed by atoms with E-state index < -0.39 is 29.6 Å². The number of hydrogen-bond acceptors (Lipinski definition) is 5. The lowest BCUT2D eigenvalue weighted by Crippen LogP contribution is -2.43. The molecule has 3 aromatic rings. The number of halogens is 6. The van der Waals surface area contributed by atoms with Crippen LogP contribution in [0.15, 0.2) is 48.5 Å². The van der Waals surface area contributed by atoms with E-state index in [0.717, 1.165) is 12.0 Å². The maximum absolute atomic E-state index is 13.2. The number of ether oxygens (including phenoxy) is 1. The summed E-state index contributed by atoms with van der Waals surface area (Å²) in [6.07, 6.45) is -8.95. The maximum Gasteiger partial charge on any atom is 0.416 e. The fourth-order valence-electron chi connectivity index (χ4n) is 4.32. The summed E-state index contributed by atoms with van der Waals surface area (Å²) in [5.74, 6) is 0.624. The molecule has 4 rings (SSSR count). The van der Waals surface area contributed by atoms with Crippen LogP contribution in [0.2, 0.25) is 0 Å². The molecule has 0 aliphatic carbocycles. The van der Waals surface area contributed by atoms with Crippen LogP contribution in [-0.2, 0) is 37.3 Å². The molecule has 1 aliphatic heterocycles. The molecule has 1 saturated heterocycles. The molecule has 2 atom stereocenters. The Morgan fingerprint density at radius 1 is 0.971 bits per heavy atom. The molecular weight excluding hydrogens is 476 g/mol. The van der Waals surface area contributed by atoms with Gasteiger partial charge in [0, 0.05) is 7.05 Å². The molecule has 0 unspecified atom stereocenters. The number of aryl methyl sites for hydroxylation is 1. The van der Waals surface area contributed by atoms with Gasteiger partial charge in [-0.15, -0.1) is 5.10 Å². The van der Waals surface area contributed by atoms with E-state index in [9.17, 15) is 26.3 Å². The van der Waals surface area contributed by atoms with Gasteiger partial charge in [-0.2, -0.15) is 26.3 Å². The zero-order valence-corrected chi connectivity index (χ0v) is 18.7. The molecule has 1 aromatic heterocycles. The Labute approximate surface area is 197 Å². The molecule has 0 amide bonds. The molecule has 2 heterocycles. The maximum atomic E-state index is 13.2. The third kappa shape index (κ3) is 5.99. The van der Waals surface area contributed by atoms with Gasteiger partial charge in [-0.25, -0.2) is 4.68 Å². The van der Waals surface area contributed by atoms with Gasteiger partial charge >= 0.3 is 12.4 Å². The quantitative estimate of drug-likeness (QED) is 0.438. The first-order chi connectivity index (χ1) is 16.5. The summed E-state index contributed by atoms with van der Waals surface area (Å²) in [6, 6.07) is 10.7. The predicted molar refractivity (Wildman–Crippen MR) is 113 cm³/mol. The second-order valence-corrected chi connectivity index (χ2v) is 8.45. The summed E-state index contributed by atoms with van der Waals surface area (Å²) < 4.78 is 87.0. The molecule has 1 aliphatic rings. The Morgan fingerprint density at radius 3 is 2.20 bits per heavy atom. The van der Waals surface area contributed by atoms with Gasteiger partial charge in [-0.05, 0) is 59.1 Å². The van der Waals surface area contributed by atoms with Crippen LogP contribution < -0.4 is 0 Å². The highest BCUT2D eigenvalue weighted by molar-refractivity contribution is 5.33. The van der Waals surface area contributed by atoms with Crippen molar-refractivity contribution in [1.82, 2.24) is 25.1 Å². The van der Waals surface area contributed by atoms with E-state index in [0.29, 0.717) is 37.5 Å². The Hall–Kier alpha value is -2.99. The molecule has 2 aromatic carbocycles. The van der Waals surface area contributed by atoms with Crippen LogP contribution in [0.25, 0.3) is 0 Å². The van der Waals surface area contributed by atoms with Crippen molar-refractivity contribution in [3.63, 3.8) is 0 Å². The summed E-state index contributed by atoms with van der Waals surface area (Å²) in [5, 5.41) is 11.5. The Morgan fingerprint density at radius 2 is 1.63 bits per heavy atom. The first-order valence-corrected chi connectivity index (χ1v) is 10.9. The summed E-state index contributed by atoms with van der Waals surface area (Å²) in [5.41, 5.74) is -1.97. The number of tetrazole rings is 1. The molecular formula is C23H23F6N5O. The standard InChI is InChI=1S/C23H23F6N5O/c1-33-20(30-31-32-33)13-34-9-5-8-19(21(34)16-6-3-2-4-7-16)35-14-15-10-17(22(24,25)26)12-18(11-15)23(27,28)29/h2-4,6-7,10-12,19,21H,5,8-9,13-14H2,1H3/t19-,21-/m1/s1. The monoisotopic (exact) mass is 499 g/mol. The number of nitrogens with zero attached hydrogens (tertiary/aromatic N) is 5. The summed E-state index contributed by atoms with van der Waals surface area (Å²) in [4.78, 5) is 2.11. The van der Waals surface area contributed by atoms with Crippen LogP contribution in [0.5, 0.6) is 0 Å². The van der Waals surface area contributed by atoms with Gasteiger partial charge in [0.25, 0.3) is 0 Å². The highest BCUT2D eigenvalue weighted by atomic mass is 19.4. The fourth-order valence-corrected chi connectivity index (χ4v) is 4.32. The van der Waals surface area contributed by atoms with E-state index in [2.05, 4.69) is 20.4 Å². The molecule has 0 radical (unpaired) electrons. The number of hydrogen-bond donors (Lipinski definition) is 0. The minimum Gasteiger partial charge on any atom is -0.372 e.